The molecule has 170 valence electrons. The number of H-pyrrole nitrogens is 1. The van der Waals surface area contributed by atoms with Crippen LogP contribution in [0.1, 0.15) is 62.5 Å². The maximum absolute atomic E-state index is 10.9. The lowest BCUT2D eigenvalue weighted by Crippen LogP contribution is -2.07. The summed E-state index contributed by atoms with van der Waals surface area (Å²) in [6.07, 6.45) is 9.59. The Balaban J connectivity index is 1.39. The molecule has 2 aromatic carbocycles. The van der Waals surface area contributed by atoms with Crippen LogP contribution in [-0.2, 0) is 17.8 Å². The third-order valence-electron chi connectivity index (χ3n) is 6.93. The van der Waals surface area contributed by atoms with Gasteiger partial charge in [0.05, 0.1) is 36.1 Å². The summed E-state index contributed by atoms with van der Waals surface area (Å²) < 4.78 is 1.74. The van der Waals surface area contributed by atoms with Crippen molar-refractivity contribution >= 4 is 16.9 Å². The molecule has 0 bridgehead atoms. The van der Waals surface area contributed by atoms with Gasteiger partial charge < -0.3 is 5.11 Å². The highest BCUT2D eigenvalue weighted by atomic mass is 16.4. The Kier molecular flexibility index (Phi) is 5.99. The van der Waals surface area contributed by atoms with E-state index in [0.717, 1.165) is 39.8 Å². The molecule has 5 rings (SSSR count). The standard InChI is InChI=1S/C27H30N4O2/c1-2-18-14-20(8-10-23(18)19-6-4-3-5-7-19)24-16-25(30-29-24)21-9-11-26-22(15-21)17-28-31(26)13-12-27(32)33/h8-11,14-17,19H,2-7,12-13H2,1H3,(H,29,30)(H,32,33). The summed E-state index contributed by atoms with van der Waals surface area (Å²) in [5.74, 6) is -0.112. The fourth-order valence-corrected chi connectivity index (χ4v) is 5.13. The minimum Gasteiger partial charge on any atom is -0.481 e. The van der Waals surface area contributed by atoms with Crippen molar-refractivity contribution in [2.75, 3.05) is 0 Å². The average molecular weight is 443 g/mol. The van der Waals surface area contributed by atoms with Crippen LogP contribution < -0.4 is 0 Å². The molecule has 1 saturated carbocycles. The van der Waals surface area contributed by atoms with Gasteiger partial charge in [0.2, 0.25) is 0 Å². The van der Waals surface area contributed by atoms with Crippen LogP contribution in [0, 0.1) is 0 Å². The van der Waals surface area contributed by atoms with Crippen LogP contribution >= 0.6 is 0 Å². The van der Waals surface area contributed by atoms with E-state index in [0.29, 0.717) is 12.5 Å². The first kappa shape index (κ1) is 21.4. The van der Waals surface area contributed by atoms with Gasteiger partial charge in [0.15, 0.2) is 0 Å². The maximum Gasteiger partial charge on any atom is 0.305 e. The summed E-state index contributed by atoms with van der Waals surface area (Å²) >= 11 is 0. The van der Waals surface area contributed by atoms with Gasteiger partial charge in [0.1, 0.15) is 0 Å². The number of rotatable bonds is 7. The first-order valence-corrected chi connectivity index (χ1v) is 12.0. The van der Waals surface area contributed by atoms with Gasteiger partial charge in [-0.25, -0.2) is 0 Å². The third kappa shape index (κ3) is 4.42. The Morgan fingerprint density at radius 1 is 1.09 bits per heavy atom. The number of carbonyl (C=O) groups is 1. The van der Waals surface area contributed by atoms with Crippen molar-refractivity contribution in [1.82, 2.24) is 20.0 Å². The van der Waals surface area contributed by atoms with E-state index in [2.05, 4.69) is 52.6 Å². The molecule has 2 heterocycles. The Morgan fingerprint density at radius 3 is 2.70 bits per heavy atom. The van der Waals surface area contributed by atoms with E-state index in [1.54, 1.807) is 10.9 Å². The van der Waals surface area contributed by atoms with Gasteiger partial charge in [-0.2, -0.15) is 10.2 Å². The molecule has 2 aromatic heterocycles. The average Bonchev–Trinajstić information content (AvgIpc) is 3.50. The second-order valence-corrected chi connectivity index (χ2v) is 9.05. The zero-order chi connectivity index (χ0) is 22.8. The number of fused-ring (bicyclic) bond motifs is 1. The Morgan fingerprint density at radius 2 is 1.91 bits per heavy atom. The predicted molar refractivity (Wildman–Crippen MR) is 130 cm³/mol. The van der Waals surface area contributed by atoms with Crippen LogP contribution in [0.5, 0.6) is 0 Å². The zero-order valence-electron chi connectivity index (χ0n) is 19.1. The molecule has 33 heavy (non-hydrogen) atoms. The molecule has 1 fully saturated rings. The van der Waals surface area contributed by atoms with Gasteiger partial charge >= 0.3 is 5.97 Å². The number of nitrogens with one attached hydrogen (secondary N) is 1. The number of aromatic nitrogens is 4. The van der Waals surface area contributed by atoms with Crippen LogP contribution in [-0.4, -0.2) is 31.1 Å². The SMILES string of the molecule is CCc1cc(-c2cc(-c3ccc4c(cnn4CCC(=O)O)c3)[nH]n2)ccc1C1CCCCC1. The molecule has 0 saturated heterocycles. The highest BCUT2D eigenvalue weighted by Crippen LogP contribution is 2.36. The fraction of sp³-hybridized carbons (Fsp3) is 0.370. The molecule has 0 amide bonds. The lowest BCUT2D eigenvalue weighted by atomic mass is 9.81. The highest BCUT2D eigenvalue weighted by Gasteiger charge is 2.19. The zero-order valence-corrected chi connectivity index (χ0v) is 19.1. The lowest BCUT2D eigenvalue weighted by molar-refractivity contribution is -0.137. The maximum atomic E-state index is 10.9. The van der Waals surface area contributed by atoms with Crippen LogP contribution in [0.25, 0.3) is 33.4 Å². The molecular formula is C27H30N4O2. The van der Waals surface area contributed by atoms with Gasteiger partial charge in [-0.05, 0) is 60.6 Å². The molecule has 1 aliphatic rings. The Bertz CT molecular complexity index is 1280. The molecule has 4 aromatic rings. The van der Waals surface area contributed by atoms with Gasteiger partial charge in [-0.3, -0.25) is 14.6 Å². The summed E-state index contributed by atoms with van der Waals surface area (Å²) in [7, 11) is 0. The second-order valence-electron chi connectivity index (χ2n) is 9.05. The Labute approximate surface area is 193 Å². The number of carboxylic acids is 1. The molecule has 2 N–H and O–H groups in total. The first-order chi connectivity index (χ1) is 16.1. The quantitative estimate of drug-likeness (QED) is 0.358. The van der Waals surface area contributed by atoms with Crippen molar-refractivity contribution in [1.29, 1.82) is 0 Å². The summed E-state index contributed by atoms with van der Waals surface area (Å²) in [5.41, 5.74) is 8.00. The van der Waals surface area contributed by atoms with E-state index in [9.17, 15) is 4.79 Å². The largest absolute Gasteiger partial charge is 0.481 e. The minimum atomic E-state index is -0.821. The predicted octanol–water partition coefficient (Wildman–Crippen LogP) is 6.18. The van der Waals surface area contributed by atoms with E-state index in [-0.39, 0.29) is 6.42 Å². The van der Waals surface area contributed by atoms with Crippen LogP contribution in [0.2, 0.25) is 0 Å². The summed E-state index contributed by atoms with van der Waals surface area (Å²) in [4.78, 5) is 10.9. The number of hydrogen-bond donors (Lipinski definition) is 2. The van der Waals surface area contributed by atoms with Crippen molar-refractivity contribution < 1.29 is 9.90 Å². The smallest absolute Gasteiger partial charge is 0.305 e. The van der Waals surface area contributed by atoms with Crippen LogP contribution in [0.3, 0.4) is 0 Å². The van der Waals surface area contributed by atoms with Gasteiger partial charge in [0, 0.05) is 16.5 Å². The highest BCUT2D eigenvalue weighted by molar-refractivity contribution is 5.84. The summed E-state index contributed by atoms with van der Waals surface area (Å²) in [5, 5.41) is 22.1. The Hall–Kier alpha value is -3.41. The molecule has 0 spiro atoms. The number of aryl methyl sites for hydroxylation is 2. The molecule has 0 aliphatic heterocycles. The van der Waals surface area contributed by atoms with Crippen molar-refractivity contribution in [3.63, 3.8) is 0 Å². The first-order valence-electron chi connectivity index (χ1n) is 12.0. The number of nitrogens with zero attached hydrogens (tertiary/aromatic N) is 3. The monoisotopic (exact) mass is 442 g/mol. The van der Waals surface area contributed by atoms with E-state index in [4.69, 9.17) is 5.11 Å². The van der Waals surface area contributed by atoms with Crippen LogP contribution in [0.4, 0.5) is 0 Å². The number of benzene rings is 2. The van der Waals surface area contributed by atoms with E-state index in [1.165, 1.54) is 43.2 Å². The van der Waals surface area contributed by atoms with E-state index >= 15 is 0 Å². The molecule has 0 atom stereocenters. The fourth-order valence-electron chi connectivity index (χ4n) is 5.13. The van der Waals surface area contributed by atoms with Crippen molar-refractivity contribution in [2.24, 2.45) is 0 Å². The number of aliphatic carboxylic acids is 1. The van der Waals surface area contributed by atoms with Gasteiger partial charge in [-0.15, -0.1) is 0 Å². The van der Waals surface area contributed by atoms with Crippen molar-refractivity contribution in [2.45, 2.75) is 64.3 Å². The lowest BCUT2D eigenvalue weighted by Gasteiger charge is -2.24. The van der Waals surface area contributed by atoms with Gasteiger partial charge in [0.25, 0.3) is 0 Å². The molecular weight excluding hydrogens is 412 g/mol. The van der Waals surface area contributed by atoms with Gasteiger partial charge in [-0.1, -0.05) is 44.4 Å². The molecule has 0 radical (unpaired) electrons. The topological polar surface area (TPSA) is 83.8 Å². The second kappa shape index (κ2) is 9.22. The number of carboxylic acid groups (broad SMARTS) is 1. The summed E-state index contributed by atoms with van der Waals surface area (Å²) in [6.45, 7) is 2.61. The van der Waals surface area contributed by atoms with Crippen LogP contribution in [0.15, 0.2) is 48.7 Å². The summed E-state index contributed by atoms with van der Waals surface area (Å²) in [6, 6.07) is 15.1. The minimum absolute atomic E-state index is 0.0573. The number of aromatic amines is 1. The molecule has 1 aliphatic carbocycles. The van der Waals surface area contributed by atoms with E-state index < -0.39 is 5.97 Å². The van der Waals surface area contributed by atoms with Crippen molar-refractivity contribution in [3.05, 3.63) is 59.8 Å². The molecule has 6 heteroatoms. The third-order valence-corrected chi connectivity index (χ3v) is 6.93. The number of hydrogen-bond acceptors (Lipinski definition) is 3. The van der Waals surface area contributed by atoms with Crippen molar-refractivity contribution in [3.8, 4) is 22.5 Å². The molecule has 6 nitrogen and oxygen atoms in total. The molecule has 0 unspecified atom stereocenters. The normalized spacial score (nSPS) is 14.7. The van der Waals surface area contributed by atoms with E-state index in [1.807, 2.05) is 12.1 Å².